The average molecular weight is 335 g/mol. The topological polar surface area (TPSA) is 15.6 Å². The lowest BCUT2D eigenvalue weighted by Crippen LogP contribution is -2.20. The summed E-state index contributed by atoms with van der Waals surface area (Å²) in [6.45, 7) is 6.40. The number of benzene rings is 1. The Kier molecular flexibility index (Phi) is 3.28. The average Bonchev–Trinajstić information content (AvgIpc) is 3.13. The van der Waals surface area contributed by atoms with Gasteiger partial charge in [0.25, 0.3) is 0 Å². The van der Waals surface area contributed by atoms with Crippen molar-refractivity contribution in [3.05, 3.63) is 39.1 Å². The van der Waals surface area contributed by atoms with Crippen LogP contribution in [-0.2, 0) is 0 Å². The number of aliphatic imine (C=N–C) groups is 1. The molecule has 5 heteroatoms. The predicted octanol–water partition coefficient (Wildman–Crippen LogP) is 5.30. The minimum absolute atomic E-state index is 0.502. The summed E-state index contributed by atoms with van der Waals surface area (Å²) in [6.07, 6.45) is 0. The standard InChI is InChI=1S/C16H15ClN2S2/c1-9(2)14-13(19-7-6-18-16(19)21-14)10-3-4-12(17)15-11(10)5-8-20-15/h3-5,8-9H,6-7H2,1-2H3. The lowest BCUT2D eigenvalue weighted by atomic mass is 10.0. The molecule has 4 rings (SSSR count). The zero-order chi connectivity index (χ0) is 14.6. The van der Waals surface area contributed by atoms with E-state index in [0.29, 0.717) is 5.92 Å². The van der Waals surface area contributed by atoms with Gasteiger partial charge in [0.15, 0.2) is 5.17 Å². The first-order valence-electron chi connectivity index (χ1n) is 7.07. The maximum atomic E-state index is 6.34. The normalized spacial score (nSPS) is 18.1. The van der Waals surface area contributed by atoms with E-state index in [1.807, 2.05) is 17.8 Å². The molecule has 1 aromatic heterocycles. The van der Waals surface area contributed by atoms with E-state index in [2.05, 4.69) is 41.3 Å². The third-order valence-electron chi connectivity index (χ3n) is 3.85. The van der Waals surface area contributed by atoms with Crippen molar-refractivity contribution < 1.29 is 0 Å². The Morgan fingerprint density at radius 1 is 1.29 bits per heavy atom. The first-order valence-corrected chi connectivity index (χ1v) is 9.14. The summed E-state index contributed by atoms with van der Waals surface area (Å²) in [7, 11) is 0. The molecule has 0 aliphatic carbocycles. The van der Waals surface area contributed by atoms with Gasteiger partial charge < -0.3 is 4.90 Å². The highest BCUT2D eigenvalue weighted by atomic mass is 35.5. The third-order valence-corrected chi connectivity index (χ3v) is 6.65. The molecule has 2 nitrogen and oxygen atoms in total. The molecule has 0 saturated carbocycles. The maximum Gasteiger partial charge on any atom is 0.168 e. The maximum absolute atomic E-state index is 6.34. The van der Waals surface area contributed by atoms with Crippen molar-refractivity contribution >= 4 is 55.7 Å². The minimum atomic E-state index is 0.502. The smallest absolute Gasteiger partial charge is 0.168 e. The number of fused-ring (bicyclic) bond motifs is 2. The van der Waals surface area contributed by atoms with E-state index in [-0.39, 0.29) is 0 Å². The molecule has 0 spiro atoms. The van der Waals surface area contributed by atoms with Gasteiger partial charge in [0, 0.05) is 22.4 Å². The fraction of sp³-hybridized carbons (Fsp3) is 0.312. The number of rotatable bonds is 2. The van der Waals surface area contributed by atoms with Gasteiger partial charge in [0.05, 0.1) is 22.0 Å². The summed E-state index contributed by atoms with van der Waals surface area (Å²) >= 11 is 9.88. The van der Waals surface area contributed by atoms with Crippen LogP contribution >= 0.6 is 34.7 Å². The van der Waals surface area contributed by atoms with Crippen molar-refractivity contribution in [1.82, 2.24) is 4.90 Å². The lowest BCUT2D eigenvalue weighted by molar-refractivity contribution is 0.641. The van der Waals surface area contributed by atoms with E-state index in [1.54, 1.807) is 11.3 Å². The van der Waals surface area contributed by atoms with Crippen molar-refractivity contribution in [3.63, 3.8) is 0 Å². The van der Waals surface area contributed by atoms with Gasteiger partial charge in [0.1, 0.15) is 0 Å². The molecule has 3 heterocycles. The Labute approximate surface area is 137 Å². The van der Waals surface area contributed by atoms with Crippen LogP contribution in [0.3, 0.4) is 0 Å². The van der Waals surface area contributed by atoms with Crippen molar-refractivity contribution in [2.24, 2.45) is 10.9 Å². The van der Waals surface area contributed by atoms with Gasteiger partial charge >= 0.3 is 0 Å². The third kappa shape index (κ3) is 2.04. The summed E-state index contributed by atoms with van der Waals surface area (Å²) in [5.41, 5.74) is 2.63. The zero-order valence-electron chi connectivity index (χ0n) is 11.9. The van der Waals surface area contributed by atoms with Crippen LogP contribution in [0.2, 0.25) is 5.02 Å². The van der Waals surface area contributed by atoms with Crippen LogP contribution in [0, 0.1) is 5.92 Å². The van der Waals surface area contributed by atoms with Gasteiger partial charge in [-0.1, -0.05) is 43.3 Å². The van der Waals surface area contributed by atoms with Crippen molar-refractivity contribution in [3.8, 4) is 0 Å². The van der Waals surface area contributed by atoms with Crippen LogP contribution in [0.5, 0.6) is 0 Å². The van der Waals surface area contributed by atoms with Gasteiger partial charge in [0.2, 0.25) is 0 Å². The van der Waals surface area contributed by atoms with E-state index < -0.39 is 0 Å². The number of hydrogen-bond donors (Lipinski definition) is 0. The fourth-order valence-electron chi connectivity index (χ4n) is 2.91. The molecule has 0 fully saturated rings. The summed E-state index contributed by atoms with van der Waals surface area (Å²) in [5.74, 6) is 0.502. The number of nitrogens with zero attached hydrogens (tertiary/aromatic N) is 2. The molecule has 2 aliphatic heterocycles. The molecule has 0 atom stereocenters. The fourth-order valence-corrected chi connectivity index (χ4v) is 5.23. The first-order chi connectivity index (χ1) is 10.2. The van der Waals surface area contributed by atoms with Crippen LogP contribution < -0.4 is 0 Å². The summed E-state index contributed by atoms with van der Waals surface area (Å²) < 4.78 is 1.18. The summed E-state index contributed by atoms with van der Waals surface area (Å²) in [5, 5.41) is 5.38. The van der Waals surface area contributed by atoms with E-state index in [0.717, 1.165) is 23.3 Å². The molecular weight excluding hydrogens is 320 g/mol. The molecular formula is C16H15ClN2S2. The Hall–Kier alpha value is -0.970. The highest BCUT2D eigenvalue weighted by molar-refractivity contribution is 8.17. The second kappa shape index (κ2) is 5.04. The van der Waals surface area contributed by atoms with Gasteiger partial charge in [-0.25, -0.2) is 0 Å². The number of halogens is 1. The number of thiophene rings is 1. The van der Waals surface area contributed by atoms with Crippen LogP contribution in [0.15, 0.2) is 33.5 Å². The number of thioether (sulfide) groups is 1. The number of allylic oxidation sites excluding steroid dienone is 1. The van der Waals surface area contributed by atoms with Gasteiger partial charge in [-0.2, -0.15) is 0 Å². The highest BCUT2D eigenvalue weighted by Gasteiger charge is 2.34. The molecule has 2 aliphatic rings. The molecule has 21 heavy (non-hydrogen) atoms. The molecule has 0 amide bonds. The van der Waals surface area contributed by atoms with Gasteiger partial charge in [-0.05, 0) is 23.4 Å². The lowest BCUT2D eigenvalue weighted by Gasteiger charge is -2.19. The van der Waals surface area contributed by atoms with Crippen LogP contribution in [0.25, 0.3) is 15.8 Å². The van der Waals surface area contributed by atoms with Crippen molar-refractivity contribution in [2.45, 2.75) is 13.8 Å². The Bertz CT molecular complexity index is 789. The number of hydrogen-bond acceptors (Lipinski definition) is 4. The monoisotopic (exact) mass is 334 g/mol. The van der Waals surface area contributed by atoms with Gasteiger partial charge in [-0.15, -0.1) is 11.3 Å². The van der Waals surface area contributed by atoms with Crippen molar-refractivity contribution in [1.29, 1.82) is 0 Å². The number of amidine groups is 1. The SMILES string of the molecule is CC(C)C1=C(c2ccc(Cl)c3sccc23)N2CCN=C2S1. The molecule has 0 saturated heterocycles. The van der Waals surface area contributed by atoms with Crippen LogP contribution in [0.4, 0.5) is 0 Å². The quantitative estimate of drug-likeness (QED) is 0.740. The first kappa shape index (κ1) is 13.7. The molecule has 108 valence electrons. The van der Waals surface area contributed by atoms with E-state index in [4.69, 9.17) is 11.6 Å². The summed E-state index contributed by atoms with van der Waals surface area (Å²) in [6, 6.07) is 6.37. The van der Waals surface area contributed by atoms with Crippen LogP contribution in [0.1, 0.15) is 19.4 Å². The van der Waals surface area contributed by atoms with Crippen LogP contribution in [-0.4, -0.2) is 23.2 Å². The molecule has 0 N–H and O–H groups in total. The second-order valence-corrected chi connectivity index (χ2v) is 7.88. The molecule has 0 unspecified atom stereocenters. The van der Waals surface area contributed by atoms with E-state index in [1.165, 1.54) is 26.3 Å². The Morgan fingerprint density at radius 3 is 2.95 bits per heavy atom. The zero-order valence-corrected chi connectivity index (χ0v) is 14.3. The molecule has 0 radical (unpaired) electrons. The molecule has 2 aromatic rings. The summed E-state index contributed by atoms with van der Waals surface area (Å²) in [4.78, 5) is 8.43. The Morgan fingerprint density at radius 2 is 2.14 bits per heavy atom. The largest absolute Gasteiger partial charge is 0.318 e. The predicted molar refractivity (Wildman–Crippen MR) is 95.2 cm³/mol. The highest BCUT2D eigenvalue weighted by Crippen LogP contribution is 2.47. The van der Waals surface area contributed by atoms with Crippen molar-refractivity contribution in [2.75, 3.05) is 13.1 Å². The Balaban J connectivity index is 1.97. The molecule has 0 bridgehead atoms. The van der Waals surface area contributed by atoms with Gasteiger partial charge in [-0.3, -0.25) is 4.99 Å². The molecule has 1 aromatic carbocycles. The second-order valence-electron chi connectivity index (χ2n) is 5.54. The minimum Gasteiger partial charge on any atom is -0.318 e. The van der Waals surface area contributed by atoms with E-state index in [9.17, 15) is 0 Å². The van der Waals surface area contributed by atoms with E-state index >= 15 is 0 Å².